The Morgan fingerprint density at radius 3 is 2.80 bits per heavy atom. The van der Waals surface area contributed by atoms with Crippen LogP contribution >= 0.6 is 0 Å². The molecule has 10 heavy (non-hydrogen) atoms. The molecule has 0 saturated heterocycles. The number of para-hydroxylation sites is 1. The summed E-state index contributed by atoms with van der Waals surface area (Å²) < 4.78 is 0. The average Bonchev–Trinajstić information content (AvgIpc) is 2.33. The normalized spacial score (nSPS) is 9.20. The van der Waals surface area contributed by atoms with Crippen LogP contribution in [0.3, 0.4) is 0 Å². The second kappa shape index (κ2) is 3.69. The van der Waals surface area contributed by atoms with Gasteiger partial charge in [-0.1, -0.05) is 12.1 Å². The zero-order valence-corrected chi connectivity index (χ0v) is 9.01. The third-order valence-electron chi connectivity index (χ3n) is 1.40. The summed E-state index contributed by atoms with van der Waals surface area (Å²) in [5.74, 6) is 0. The molecule has 1 aromatic heterocycles. The summed E-state index contributed by atoms with van der Waals surface area (Å²) in [5.41, 5.74) is 1.15. The average molecular weight is 155 g/mol. The summed E-state index contributed by atoms with van der Waals surface area (Å²) in [4.78, 5) is 2.99. The summed E-state index contributed by atoms with van der Waals surface area (Å²) in [6, 6.07) is 10.1. The second-order valence-electron chi connectivity index (χ2n) is 2.00. The van der Waals surface area contributed by atoms with Crippen molar-refractivity contribution >= 4 is 10.9 Å². The van der Waals surface area contributed by atoms with Crippen molar-refractivity contribution in [2.45, 2.75) is 0 Å². The van der Waals surface area contributed by atoms with Gasteiger partial charge >= 0.3 is 51.4 Å². The molecule has 0 fully saturated rings. The van der Waals surface area contributed by atoms with E-state index < -0.39 is 0 Å². The molecule has 0 radical (unpaired) electrons. The Kier molecular flexibility index (Phi) is 3.13. The number of H-pyrrole nitrogens is 1. The quantitative estimate of drug-likeness (QED) is 0.370. The molecule has 44 valence electrons. The Hall–Kier alpha value is 0.396. The molecule has 1 nitrogen and oxygen atoms in total. The fraction of sp³-hybridized carbons (Fsp3) is 0. The van der Waals surface area contributed by atoms with Gasteiger partial charge in [0.25, 0.3) is 0 Å². The van der Waals surface area contributed by atoms with Crippen molar-refractivity contribution in [3.8, 4) is 0 Å². The fourth-order valence-corrected chi connectivity index (χ4v) is 0.928. The van der Waals surface area contributed by atoms with Crippen molar-refractivity contribution in [3.05, 3.63) is 36.5 Å². The van der Waals surface area contributed by atoms with Gasteiger partial charge in [0, 0.05) is 0 Å². The van der Waals surface area contributed by atoms with Gasteiger partial charge in [0.15, 0.2) is 0 Å². The van der Waals surface area contributed by atoms with Gasteiger partial charge in [-0.2, -0.15) is 11.5 Å². The zero-order valence-electron chi connectivity index (χ0n) is 5.89. The summed E-state index contributed by atoms with van der Waals surface area (Å²) in [5, 5.41) is 1.22. The first-order valence-electron chi connectivity index (χ1n) is 2.90. The molecule has 0 aliphatic rings. The predicted molar refractivity (Wildman–Crippen MR) is 37.1 cm³/mol. The molecule has 2 aromatic rings. The number of aromatic nitrogens is 1. The predicted octanol–water partition coefficient (Wildman–Crippen LogP) is -1.03. The minimum absolute atomic E-state index is 0. The van der Waals surface area contributed by atoms with Crippen LogP contribution in [0.1, 0.15) is 0 Å². The van der Waals surface area contributed by atoms with Gasteiger partial charge in [-0.3, -0.25) is 0 Å². The van der Waals surface area contributed by atoms with E-state index in [1.807, 2.05) is 24.3 Å². The van der Waals surface area contributed by atoms with Gasteiger partial charge in [0.05, 0.1) is 0 Å². The van der Waals surface area contributed by atoms with Crippen molar-refractivity contribution in [2.75, 3.05) is 0 Å². The third-order valence-corrected chi connectivity index (χ3v) is 1.40. The van der Waals surface area contributed by atoms with Gasteiger partial charge in [0.2, 0.25) is 0 Å². The van der Waals surface area contributed by atoms with E-state index in [0.717, 1.165) is 5.52 Å². The number of rotatable bonds is 0. The van der Waals surface area contributed by atoms with Crippen LogP contribution in [0, 0.1) is 6.20 Å². The minimum atomic E-state index is 0. The van der Waals surface area contributed by atoms with E-state index in [-0.39, 0.29) is 51.4 Å². The minimum Gasteiger partial charge on any atom is -0.477 e. The maximum atomic E-state index is 2.99. The first-order chi connectivity index (χ1) is 4.47. The van der Waals surface area contributed by atoms with Crippen LogP contribution in [0.15, 0.2) is 30.3 Å². The number of benzene rings is 1. The van der Waals surface area contributed by atoms with Crippen molar-refractivity contribution in [3.63, 3.8) is 0 Å². The van der Waals surface area contributed by atoms with Gasteiger partial charge in [-0.05, 0) is 0 Å². The molecule has 1 heterocycles. The standard InChI is InChI=1S/C8H6N.K/c1-2-4-8-7(3-1)5-6-9-8;/h1-5,9H;/q-1;+1. The Morgan fingerprint density at radius 2 is 2.00 bits per heavy atom. The van der Waals surface area contributed by atoms with E-state index in [1.165, 1.54) is 5.39 Å². The monoisotopic (exact) mass is 155 g/mol. The molecule has 0 bridgehead atoms. The van der Waals surface area contributed by atoms with Gasteiger partial charge < -0.3 is 4.98 Å². The molecule has 0 unspecified atom stereocenters. The number of aromatic amines is 1. The molecule has 0 saturated carbocycles. The molecular formula is C8H6KN. The van der Waals surface area contributed by atoms with Crippen LogP contribution in [0.2, 0.25) is 0 Å². The molecule has 0 aliphatic carbocycles. The Balaban J connectivity index is 0.000000500. The largest absolute Gasteiger partial charge is 1.00 e. The zero-order chi connectivity index (χ0) is 6.10. The fourth-order valence-electron chi connectivity index (χ4n) is 0.928. The van der Waals surface area contributed by atoms with Crippen molar-refractivity contribution in [2.24, 2.45) is 0 Å². The summed E-state index contributed by atoms with van der Waals surface area (Å²) in [7, 11) is 0. The molecule has 0 spiro atoms. The molecular weight excluding hydrogens is 149 g/mol. The van der Waals surface area contributed by atoms with Crippen molar-refractivity contribution < 1.29 is 51.4 Å². The van der Waals surface area contributed by atoms with E-state index in [0.29, 0.717) is 0 Å². The van der Waals surface area contributed by atoms with E-state index in [9.17, 15) is 0 Å². The van der Waals surface area contributed by atoms with Crippen molar-refractivity contribution in [1.82, 2.24) is 4.98 Å². The van der Waals surface area contributed by atoms with Crippen LogP contribution < -0.4 is 51.4 Å². The summed E-state index contributed by atoms with van der Waals surface area (Å²) in [6.07, 6.45) is 2.91. The summed E-state index contributed by atoms with van der Waals surface area (Å²) >= 11 is 0. The molecule has 2 heteroatoms. The Morgan fingerprint density at radius 1 is 1.20 bits per heavy atom. The molecule has 1 aromatic carbocycles. The van der Waals surface area contributed by atoms with Crippen LogP contribution in [0.4, 0.5) is 0 Å². The Labute approximate surface area is 102 Å². The van der Waals surface area contributed by atoms with Crippen molar-refractivity contribution in [1.29, 1.82) is 0 Å². The molecule has 2 rings (SSSR count). The van der Waals surface area contributed by atoms with E-state index in [1.54, 1.807) is 0 Å². The number of hydrogen-bond acceptors (Lipinski definition) is 0. The number of hydrogen-bond donors (Lipinski definition) is 1. The van der Waals surface area contributed by atoms with Crippen LogP contribution in [0.25, 0.3) is 10.9 Å². The van der Waals surface area contributed by atoms with E-state index >= 15 is 0 Å². The van der Waals surface area contributed by atoms with E-state index in [4.69, 9.17) is 0 Å². The maximum absolute atomic E-state index is 2.99. The Bertz CT molecular complexity index is 283. The summed E-state index contributed by atoms with van der Waals surface area (Å²) in [6.45, 7) is 0. The smallest absolute Gasteiger partial charge is 0.477 e. The first kappa shape index (κ1) is 8.49. The first-order valence-corrected chi connectivity index (χ1v) is 2.90. The van der Waals surface area contributed by atoms with Gasteiger partial charge in [0.1, 0.15) is 0 Å². The van der Waals surface area contributed by atoms with Gasteiger partial charge in [-0.15, -0.1) is 23.8 Å². The molecule has 0 atom stereocenters. The SMILES string of the molecule is [K+].[c-]1cc2ccccc2[nH]1. The molecule has 1 N–H and O–H groups in total. The second-order valence-corrected chi connectivity index (χ2v) is 2.00. The van der Waals surface area contributed by atoms with Crippen LogP contribution in [-0.2, 0) is 0 Å². The molecule has 0 amide bonds. The number of fused-ring (bicyclic) bond motifs is 1. The maximum Gasteiger partial charge on any atom is 1.00 e. The number of nitrogens with one attached hydrogen (secondary N) is 1. The van der Waals surface area contributed by atoms with E-state index in [2.05, 4.69) is 17.2 Å². The third kappa shape index (κ3) is 1.52. The topological polar surface area (TPSA) is 15.8 Å². The van der Waals surface area contributed by atoms with Crippen LogP contribution in [0.5, 0.6) is 0 Å². The molecule has 0 aliphatic heterocycles. The van der Waals surface area contributed by atoms with Gasteiger partial charge in [-0.25, -0.2) is 0 Å². The van der Waals surface area contributed by atoms with Crippen LogP contribution in [-0.4, -0.2) is 4.98 Å².